The fourth-order valence-electron chi connectivity index (χ4n) is 2.07. The second-order valence-corrected chi connectivity index (χ2v) is 5.27. The molecule has 0 aliphatic rings. The summed E-state index contributed by atoms with van der Waals surface area (Å²) in [5.74, 6) is 1.59. The van der Waals surface area contributed by atoms with E-state index in [1.807, 2.05) is 29.6 Å². The van der Waals surface area contributed by atoms with Crippen LogP contribution in [0.3, 0.4) is 0 Å². The monoisotopic (exact) mass is 278 g/mol. The summed E-state index contributed by atoms with van der Waals surface area (Å²) in [4.78, 5) is 1.21. The third-order valence-electron chi connectivity index (χ3n) is 3.10. The summed E-state index contributed by atoms with van der Waals surface area (Å²) in [6, 6.07) is 9.95. The number of ether oxygens (including phenoxy) is 2. The van der Waals surface area contributed by atoms with Crippen molar-refractivity contribution >= 4 is 11.3 Å². The van der Waals surface area contributed by atoms with Gasteiger partial charge in [0.25, 0.3) is 0 Å². The van der Waals surface area contributed by atoms with Crippen LogP contribution in [0.25, 0.3) is 0 Å². The molecule has 1 aromatic heterocycles. The number of aliphatic hydroxyl groups excluding tert-OH is 1. The number of methoxy groups -OCH3 is 2. The number of hydrogen-bond acceptors (Lipinski definition) is 4. The standard InChI is InChI=1S/C15H18O3S/c1-17-13-6-5-11(9-14(13)18-2)8-12(10-16)15-4-3-7-19-15/h3-7,9,12,16H,8,10H2,1-2H3. The van der Waals surface area contributed by atoms with Gasteiger partial charge >= 0.3 is 0 Å². The second-order valence-electron chi connectivity index (χ2n) is 4.29. The molecule has 0 aliphatic heterocycles. The third kappa shape index (κ3) is 3.28. The van der Waals surface area contributed by atoms with Gasteiger partial charge in [0, 0.05) is 10.8 Å². The fourth-order valence-corrected chi connectivity index (χ4v) is 2.89. The topological polar surface area (TPSA) is 38.7 Å². The van der Waals surface area contributed by atoms with E-state index in [1.165, 1.54) is 4.88 Å². The highest BCUT2D eigenvalue weighted by Gasteiger charge is 2.14. The van der Waals surface area contributed by atoms with Crippen molar-refractivity contribution in [1.82, 2.24) is 0 Å². The summed E-state index contributed by atoms with van der Waals surface area (Å²) in [7, 11) is 3.25. The second kappa shape index (κ2) is 6.59. The number of hydrogen-bond donors (Lipinski definition) is 1. The van der Waals surface area contributed by atoms with E-state index in [9.17, 15) is 5.11 Å². The highest BCUT2D eigenvalue weighted by Crippen LogP contribution is 2.31. The maximum atomic E-state index is 9.54. The summed E-state index contributed by atoms with van der Waals surface area (Å²) in [6.45, 7) is 0.148. The Balaban J connectivity index is 2.18. The summed E-state index contributed by atoms with van der Waals surface area (Å²) < 4.78 is 10.5. The van der Waals surface area contributed by atoms with Crippen molar-refractivity contribution in [3.63, 3.8) is 0 Å². The van der Waals surface area contributed by atoms with E-state index in [0.29, 0.717) is 0 Å². The van der Waals surface area contributed by atoms with E-state index in [0.717, 1.165) is 23.5 Å². The average molecular weight is 278 g/mol. The zero-order chi connectivity index (χ0) is 13.7. The quantitative estimate of drug-likeness (QED) is 0.882. The Hall–Kier alpha value is -1.52. The number of aliphatic hydroxyl groups is 1. The Morgan fingerprint density at radius 2 is 1.95 bits per heavy atom. The number of benzene rings is 1. The predicted octanol–water partition coefficient (Wildman–Crippen LogP) is 3.08. The molecule has 2 aromatic rings. The third-order valence-corrected chi connectivity index (χ3v) is 4.13. The van der Waals surface area contributed by atoms with Crippen molar-refractivity contribution in [3.05, 3.63) is 46.2 Å². The molecule has 1 N–H and O–H groups in total. The predicted molar refractivity (Wildman–Crippen MR) is 77.4 cm³/mol. The average Bonchev–Trinajstić information content (AvgIpc) is 2.98. The van der Waals surface area contributed by atoms with Gasteiger partial charge in [0.2, 0.25) is 0 Å². The molecule has 1 atom stereocenters. The Morgan fingerprint density at radius 3 is 2.53 bits per heavy atom. The van der Waals surface area contributed by atoms with Gasteiger partial charge in [0.15, 0.2) is 11.5 Å². The molecule has 3 nitrogen and oxygen atoms in total. The van der Waals surface area contributed by atoms with Crippen LogP contribution in [0.4, 0.5) is 0 Å². The molecule has 0 radical (unpaired) electrons. The van der Waals surface area contributed by atoms with Gasteiger partial charge in [-0.1, -0.05) is 12.1 Å². The number of thiophene rings is 1. The Morgan fingerprint density at radius 1 is 1.16 bits per heavy atom. The van der Waals surface area contributed by atoms with Gasteiger partial charge in [-0.3, -0.25) is 0 Å². The van der Waals surface area contributed by atoms with Crippen LogP contribution >= 0.6 is 11.3 Å². The SMILES string of the molecule is COc1ccc(CC(CO)c2cccs2)cc1OC. The van der Waals surface area contributed by atoms with Crippen LogP contribution in [0.2, 0.25) is 0 Å². The molecule has 2 rings (SSSR count). The molecule has 0 saturated heterocycles. The first kappa shape index (κ1) is 13.9. The first-order chi connectivity index (χ1) is 9.28. The molecule has 1 aromatic carbocycles. The van der Waals surface area contributed by atoms with Crippen molar-refractivity contribution in [2.45, 2.75) is 12.3 Å². The van der Waals surface area contributed by atoms with E-state index in [4.69, 9.17) is 9.47 Å². The van der Waals surface area contributed by atoms with E-state index in [2.05, 4.69) is 6.07 Å². The van der Waals surface area contributed by atoms with E-state index in [-0.39, 0.29) is 12.5 Å². The van der Waals surface area contributed by atoms with Crippen LogP contribution < -0.4 is 9.47 Å². The van der Waals surface area contributed by atoms with Crippen LogP contribution in [-0.4, -0.2) is 25.9 Å². The molecule has 19 heavy (non-hydrogen) atoms. The molecule has 102 valence electrons. The van der Waals surface area contributed by atoms with Crippen LogP contribution in [-0.2, 0) is 6.42 Å². The van der Waals surface area contributed by atoms with Gasteiger partial charge in [-0.2, -0.15) is 0 Å². The van der Waals surface area contributed by atoms with Crippen LogP contribution in [0.1, 0.15) is 16.4 Å². The molecule has 1 unspecified atom stereocenters. The summed E-state index contributed by atoms with van der Waals surface area (Å²) in [5, 5.41) is 11.6. The molecule has 0 spiro atoms. The lowest BCUT2D eigenvalue weighted by Gasteiger charge is -2.14. The van der Waals surface area contributed by atoms with Gasteiger partial charge in [0.1, 0.15) is 0 Å². The smallest absolute Gasteiger partial charge is 0.160 e. The lowest BCUT2D eigenvalue weighted by Crippen LogP contribution is -2.06. The van der Waals surface area contributed by atoms with E-state index >= 15 is 0 Å². The van der Waals surface area contributed by atoms with Gasteiger partial charge < -0.3 is 14.6 Å². The Bertz CT molecular complexity index is 508. The normalized spacial score (nSPS) is 12.2. The molecule has 0 fully saturated rings. The maximum absolute atomic E-state index is 9.54. The molecular formula is C15H18O3S. The highest BCUT2D eigenvalue weighted by molar-refractivity contribution is 7.10. The van der Waals surface area contributed by atoms with Crippen molar-refractivity contribution in [1.29, 1.82) is 0 Å². The fraction of sp³-hybridized carbons (Fsp3) is 0.333. The molecule has 1 heterocycles. The summed E-state index contributed by atoms with van der Waals surface area (Å²) >= 11 is 1.68. The molecular weight excluding hydrogens is 260 g/mol. The van der Waals surface area contributed by atoms with E-state index in [1.54, 1.807) is 25.6 Å². The minimum Gasteiger partial charge on any atom is -0.493 e. The minimum atomic E-state index is 0.137. The van der Waals surface area contributed by atoms with Crippen LogP contribution in [0, 0.1) is 0 Å². The molecule has 0 saturated carbocycles. The molecule has 4 heteroatoms. The Labute approximate surface area is 117 Å². The first-order valence-corrected chi connectivity index (χ1v) is 7.01. The van der Waals surface area contributed by atoms with Crippen LogP contribution in [0.5, 0.6) is 11.5 Å². The molecule has 0 aliphatic carbocycles. The lowest BCUT2D eigenvalue weighted by atomic mass is 9.98. The minimum absolute atomic E-state index is 0.137. The van der Waals surface area contributed by atoms with Gasteiger partial charge in [-0.05, 0) is 35.6 Å². The summed E-state index contributed by atoms with van der Waals surface area (Å²) in [5.41, 5.74) is 1.13. The zero-order valence-corrected chi connectivity index (χ0v) is 11.9. The van der Waals surface area contributed by atoms with Crippen molar-refractivity contribution in [2.75, 3.05) is 20.8 Å². The lowest BCUT2D eigenvalue weighted by molar-refractivity contribution is 0.266. The van der Waals surface area contributed by atoms with Gasteiger partial charge in [0.05, 0.1) is 20.8 Å². The van der Waals surface area contributed by atoms with Crippen LogP contribution in [0.15, 0.2) is 35.7 Å². The zero-order valence-electron chi connectivity index (χ0n) is 11.1. The van der Waals surface area contributed by atoms with Crippen molar-refractivity contribution in [3.8, 4) is 11.5 Å². The van der Waals surface area contributed by atoms with Crippen molar-refractivity contribution in [2.24, 2.45) is 0 Å². The van der Waals surface area contributed by atoms with Crippen molar-refractivity contribution < 1.29 is 14.6 Å². The maximum Gasteiger partial charge on any atom is 0.160 e. The molecule has 0 amide bonds. The first-order valence-electron chi connectivity index (χ1n) is 6.13. The largest absolute Gasteiger partial charge is 0.493 e. The highest BCUT2D eigenvalue weighted by atomic mass is 32.1. The Kier molecular flexibility index (Phi) is 4.82. The molecule has 0 bridgehead atoms. The number of rotatable bonds is 6. The summed E-state index contributed by atoms with van der Waals surface area (Å²) in [6.07, 6.45) is 0.789. The van der Waals surface area contributed by atoms with Gasteiger partial charge in [-0.25, -0.2) is 0 Å². The van der Waals surface area contributed by atoms with Gasteiger partial charge in [-0.15, -0.1) is 11.3 Å². The van der Waals surface area contributed by atoms with E-state index < -0.39 is 0 Å².